The fourth-order valence-corrected chi connectivity index (χ4v) is 3.83. The van der Waals surface area contributed by atoms with Gasteiger partial charge in [0.05, 0.1) is 18.1 Å². The smallest absolute Gasteiger partial charge is 0.305 e. The maximum atomic E-state index is 12.6. The summed E-state index contributed by atoms with van der Waals surface area (Å²) in [6, 6.07) is -0.106. The molecule has 0 aromatic carbocycles. The fourth-order valence-electron chi connectivity index (χ4n) is 2.65. The molecule has 0 aromatic rings. The van der Waals surface area contributed by atoms with Crippen LogP contribution in [-0.2, 0) is 19.6 Å². The van der Waals surface area contributed by atoms with Gasteiger partial charge in [-0.15, -0.1) is 0 Å². The monoisotopic (exact) mass is 334 g/mol. The van der Waals surface area contributed by atoms with Crippen LogP contribution in [0.1, 0.15) is 40.0 Å². The molecular formula is C14H26N2O5S. The molecule has 1 saturated heterocycles. The lowest BCUT2D eigenvalue weighted by molar-refractivity contribution is -0.141. The molecule has 0 bridgehead atoms. The zero-order valence-electron chi connectivity index (χ0n) is 13.5. The number of carboxylic acid groups (broad SMARTS) is 1. The molecule has 1 aliphatic rings. The van der Waals surface area contributed by atoms with Crippen LogP contribution < -0.4 is 0 Å². The Balaban J connectivity index is 2.79. The maximum absolute atomic E-state index is 12.6. The second-order valence-electron chi connectivity index (χ2n) is 5.87. The summed E-state index contributed by atoms with van der Waals surface area (Å²) in [5.41, 5.74) is 0. The van der Waals surface area contributed by atoms with Gasteiger partial charge in [-0.3, -0.25) is 9.59 Å². The number of sulfonamides is 1. The van der Waals surface area contributed by atoms with Gasteiger partial charge in [0.1, 0.15) is 0 Å². The summed E-state index contributed by atoms with van der Waals surface area (Å²) in [5.74, 6) is -1.45. The van der Waals surface area contributed by atoms with Gasteiger partial charge in [0.2, 0.25) is 15.9 Å². The topological polar surface area (TPSA) is 95.0 Å². The van der Waals surface area contributed by atoms with Crippen molar-refractivity contribution in [3.8, 4) is 0 Å². The van der Waals surface area contributed by atoms with Gasteiger partial charge in [-0.2, -0.15) is 0 Å². The maximum Gasteiger partial charge on any atom is 0.305 e. The Morgan fingerprint density at radius 2 is 2.00 bits per heavy atom. The standard InChI is InChI=1S/C14H26N2O5S/c1-4-22(20,21)15-8-5-6-12(10-15)14(19)16(11(2)3)9-7-13(17)18/h11-12H,4-10H2,1-3H3,(H,17,18). The Morgan fingerprint density at radius 3 is 2.50 bits per heavy atom. The van der Waals surface area contributed by atoms with E-state index in [0.717, 1.165) is 0 Å². The number of carbonyl (C=O) groups excluding carboxylic acids is 1. The molecule has 8 heteroatoms. The molecule has 1 rings (SSSR count). The predicted molar refractivity (Wildman–Crippen MR) is 82.9 cm³/mol. The van der Waals surface area contributed by atoms with Crippen molar-refractivity contribution in [1.82, 2.24) is 9.21 Å². The van der Waals surface area contributed by atoms with E-state index in [-0.39, 0.29) is 43.1 Å². The Kier molecular flexibility index (Phi) is 6.80. The summed E-state index contributed by atoms with van der Waals surface area (Å²) in [5, 5.41) is 8.79. The van der Waals surface area contributed by atoms with Crippen molar-refractivity contribution < 1.29 is 23.1 Å². The second kappa shape index (κ2) is 7.92. The van der Waals surface area contributed by atoms with Crippen LogP contribution in [0.2, 0.25) is 0 Å². The van der Waals surface area contributed by atoms with E-state index in [4.69, 9.17) is 5.11 Å². The molecule has 1 amide bonds. The highest BCUT2D eigenvalue weighted by molar-refractivity contribution is 7.89. The van der Waals surface area contributed by atoms with Crippen LogP contribution in [0.25, 0.3) is 0 Å². The third kappa shape index (κ3) is 4.95. The molecule has 0 radical (unpaired) electrons. The molecule has 1 heterocycles. The van der Waals surface area contributed by atoms with Gasteiger partial charge in [0.15, 0.2) is 0 Å². The van der Waals surface area contributed by atoms with E-state index in [0.29, 0.717) is 19.4 Å². The second-order valence-corrected chi connectivity index (χ2v) is 8.12. The number of aliphatic carboxylic acids is 1. The molecule has 1 fully saturated rings. The van der Waals surface area contributed by atoms with Crippen LogP contribution in [0.3, 0.4) is 0 Å². The zero-order chi connectivity index (χ0) is 16.9. The first-order valence-corrected chi connectivity index (χ1v) is 9.30. The number of piperidine rings is 1. The predicted octanol–water partition coefficient (Wildman–Crippen LogP) is 0.760. The molecular weight excluding hydrogens is 308 g/mol. The Labute approximate surface area is 132 Å². The van der Waals surface area contributed by atoms with E-state index in [1.165, 1.54) is 4.31 Å². The molecule has 0 aliphatic carbocycles. The summed E-state index contributed by atoms with van der Waals surface area (Å²) in [6.07, 6.45) is 1.19. The quantitative estimate of drug-likeness (QED) is 0.741. The number of carboxylic acids is 1. The summed E-state index contributed by atoms with van der Waals surface area (Å²) in [4.78, 5) is 24.9. The summed E-state index contributed by atoms with van der Waals surface area (Å²) in [6.45, 7) is 6.07. The number of hydrogen-bond donors (Lipinski definition) is 1. The van der Waals surface area contributed by atoms with Crippen LogP contribution in [0.4, 0.5) is 0 Å². The van der Waals surface area contributed by atoms with Crippen molar-refractivity contribution in [1.29, 1.82) is 0 Å². The minimum atomic E-state index is -3.29. The van der Waals surface area contributed by atoms with E-state index in [1.54, 1.807) is 11.8 Å². The molecule has 0 spiro atoms. The van der Waals surface area contributed by atoms with Crippen LogP contribution in [0.15, 0.2) is 0 Å². The first kappa shape index (κ1) is 18.9. The van der Waals surface area contributed by atoms with Gasteiger partial charge in [-0.05, 0) is 33.6 Å². The van der Waals surface area contributed by atoms with E-state index in [9.17, 15) is 18.0 Å². The fraction of sp³-hybridized carbons (Fsp3) is 0.857. The lowest BCUT2D eigenvalue weighted by Gasteiger charge is -2.35. The average molecular weight is 334 g/mol. The Bertz CT molecular complexity index is 503. The zero-order valence-corrected chi connectivity index (χ0v) is 14.3. The largest absolute Gasteiger partial charge is 0.481 e. The van der Waals surface area contributed by atoms with Crippen molar-refractivity contribution in [3.63, 3.8) is 0 Å². The van der Waals surface area contributed by atoms with Crippen molar-refractivity contribution in [2.24, 2.45) is 5.92 Å². The minimum absolute atomic E-state index is 0.0286. The summed E-state index contributed by atoms with van der Waals surface area (Å²) in [7, 11) is -3.29. The average Bonchev–Trinajstić information content (AvgIpc) is 2.46. The highest BCUT2D eigenvalue weighted by atomic mass is 32.2. The van der Waals surface area contributed by atoms with Gasteiger partial charge < -0.3 is 10.0 Å². The van der Waals surface area contributed by atoms with Crippen LogP contribution in [0.5, 0.6) is 0 Å². The summed E-state index contributed by atoms with van der Waals surface area (Å²) >= 11 is 0. The van der Waals surface area contributed by atoms with Gasteiger partial charge in [-0.25, -0.2) is 12.7 Å². The molecule has 128 valence electrons. The first-order chi connectivity index (χ1) is 10.2. The molecule has 22 heavy (non-hydrogen) atoms. The molecule has 1 aliphatic heterocycles. The molecule has 0 aromatic heterocycles. The van der Waals surface area contributed by atoms with E-state index < -0.39 is 16.0 Å². The number of rotatable bonds is 7. The van der Waals surface area contributed by atoms with Crippen molar-refractivity contribution in [3.05, 3.63) is 0 Å². The van der Waals surface area contributed by atoms with Gasteiger partial charge in [-0.1, -0.05) is 0 Å². The highest BCUT2D eigenvalue weighted by Gasteiger charge is 2.34. The van der Waals surface area contributed by atoms with Crippen LogP contribution in [-0.4, -0.2) is 66.0 Å². The minimum Gasteiger partial charge on any atom is -0.481 e. The van der Waals surface area contributed by atoms with E-state index >= 15 is 0 Å². The molecule has 0 saturated carbocycles. The Hall–Kier alpha value is -1.15. The molecule has 1 unspecified atom stereocenters. The van der Waals surface area contributed by atoms with E-state index in [1.807, 2.05) is 13.8 Å². The highest BCUT2D eigenvalue weighted by Crippen LogP contribution is 2.22. The van der Waals surface area contributed by atoms with Crippen molar-refractivity contribution in [2.45, 2.75) is 46.1 Å². The lowest BCUT2D eigenvalue weighted by Crippen LogP contribution is -2.49. The SMILES string of the molecule is CCS(=O)(=O)N1CCCC(C(=O)N(CCC(=O)O)C(C)C)C1. The summed E-state index contributed by atoms with van der Waals surface area (Å²) < 4.78 is 25.3. The van der Waals surface area contributed by atoms with Crippen LogP contribution >= 0.6 is 0 Å². The number of hydrogen-bond acceptors (Lipinski definition) is 4. The van der Waals surface area contributed by atoms with Crippen LogP contribution in [0, 0.1) is 5.92 Å². The third-order valence-electron chi connectivity index (χ3n) is 3.96. The van der Waals surface area contributed by atoms with Gasteiger partial charge in [0.25, 0.3) is 0 Å². The van der Waals surface area contributed by atoms with Gasteiger partial charge in [0, 0.05) is 25.7 Å². The number of amides is 1. The van der Waals surface area contributed by atoms with E-state index in [2.05, 4.69) is 0 Å². The third-order valence-corrected chi connectivity index (χ3v) is 5.81. The van der Waals surface area contributed by atoms with Gasteiger partial charge >= 0.3 is 5.97 Å². The van der Waals surface area contributed by atoms with Crippen molar-refractivity contribution in [2.75, 3.05) is 25.4 Å². The first-order valence-electron chi connectivity index (χ1n) is 7.69. The lowest BCUT2D eigenvalue weighted by atomic mass is 9.97. The normalized spacial score (nSPS) is 20.1. The van der Waals surface area contributed by atoms with Crippen molar-refractivity contribution >= 4 is 21.9 Å². The number of carbonyl (C=O) groups is 2. The molecule has 1 atom stereocenters. The molecule has 7 nitrogen and oxygen atoms in total. The Morgan fingerprint density at radius 1 is 1.36 bits per heavy atom. The molecule has 1 N–H and O–H groups in total. The number of nitrogens with zero attached hydrogens (tertiary/aromatic N) is 2.